The second kappa shape index (κ2) is 6.46. The van der Waals surface area contributed by atoms with E-state index in [1.807, 2.05) is 6.92 Å². The summed E-state index contributed by atoms with van der Waals surface area (Å²) in [5.74, 6) is -0.148. The fourth-order valence-electron chi connectivity index (χ4n) is 1.33. The van der Waals surface area contributed by atoms with E-state index in [4.69, 9.17) is 22.5 Å². The summed E-state index contributed by atoms with van der Waals surface area (Å²) in [4.78, 5) is 14.2. The molecule has 1 rings (SSSR count). The number of rotatable bonds is 5. The molecule has 0 saturated carbocycles. The third-order valence-electron chi connectivity index (χ3n) is 2.05. The van der Waals surface area contributed by atoms with Crippen molar-refractivity contribution in [1.82, 2.24) is 4.90 Å². The van der Waals surface area contributed by atoms with Gasteiger partial charge in [0.05, 0.1) is 15.8 Å². The highest BCUT2D eigenvalue weighted by Crippen LogP contribution is 2.22. The zero-order valence-corrected chi connectivity index (χ0v) is 11.0. The molecule has 1 aromatic heterocycles. The highest BCUT2D eigenvalue weighted by molar-refractivity contribution is 7.17. The lowest BCUT2D eigenvalue weighted by Gasteiger charge is -2.20. The average molecular weight is 276 g/mol. The Hall–Kier alpha value is -1.27. The van der Waals surface area contributed by atoms with E-state index in [0.717, 1.165) is 6.42 Å². The molecule has 0 unspecified atom stereocenters. The third kappa shape index (κ3) is 3.90. The largest absolute Gasteiger partial charge is 0.409 e. The Kier molecular flexibility index (Phi) is 5.24. The van der Waals surface area contributed by atoms with Crippen LogP contribution in [0.1, 0.15) is 23.0 Å². The molecule has 5 nitrogen and oxygen atoms in total. The summed E-state index contributed by atoms with van der Waals surface area (Å²) in [6, 6.07) is 3.34. The van der Waals surface area contributed by atoms with Gasteiger partial charge in [-0.1, -0.05) is 23.7 Å². The highest BCUT2D eigenvalue weighted by atomic mass is 35.5. The van der Waals surface area contributed by atoms with E-state index in [1.165, 1.54) is 16.2 Å². The standard InChI is InChI=1S/C10H14ClN3O2S/c1-2-5-14(6-9(12)13-16)10(15)7-3-4-8(11)17-7/h3-4,16H,2,5-6H2,1H3,(H2,12,13). The van der Waals surface area contributed by atoms with Crippen LogP contribution in [0.2, 0.25) is 4.34 Å². The first kappa shape index (κ1) is 13.8. The molecule has 0 spiro atoms. The Bertz CT molecular complexity index is 419. The Morgan fingerprint density at radius 2 is 2.35 bits per heavy atom. The molecule has 0 saturated heterocycles. The van der Waals surface area contributed by atoms with Gasteiger partial charge in [-0.3, -0.25) is 4.79 Å². The van der Waals surface area contributed by atoms with Crippen molar-refractivity contribution in [2.75, 3.05) is 13.1 Å². The normalized spacial score (nSPS) is 11.5. The summed E-state index contributed by atoms with van der Waals surface area (Å²) >= 11 is 6.99. The van der Waals surface area contributed by atoms with Crippen LogP contribution < -0.4 is 5.73 Å². The van der Waals surface area contributed by atoms with Crippen LogP contribution in [0.15, 0.2) is 17.3 Å². The first-order chi connectivity index (χ1) is 8.08. The number of amides is 1. The summed E-state index contributed by atoms with van der Waals surface area (Å²) in [5.41, 5.74) is 5.41. The van der Waals surface area contributed by atoms with Gasteiger partial charge >= 0.3 is 0 Å². The zero-order valence-electron chi connectivity index (χ0n) is 9.39. The van der Waals surface area contributed by atoms with Gasteiger partial charge in [0, 0.05) is 6.54 Å². The molecule has 0 bridgehead atoms. The number of amidine groups is 1. The third-order valence-corrected chi connectivity index (χ3v) is 3.27. The number of oxime groups is 1. The van der Waals surface area contributed by atoms with Crippen molar-refractivity contribution >= 4 is 34.7 Å². The fourth-order valence-corrected chi connectivity index (χ4v) is 2.35. The maximum atomic E-state index is 12.1. The van der Waals surface area contributed by atoms with Crippen molar-refractivity contribution in [3.63, 3.8) is 0 Å². The van der Waals surface area contributed by atoms with Gasteiger partial charge in [0.2, 0.25) is 0 Å². The van der Waals surface area contributed by atoms with Gasteiger partial charge < -0.3 is 15.8 Å². The van der Waals surface area contributed by atoms with E-state index < -0.39 is 0 Å². The van der Waals surface area contributed by atoms with Gasteiger partial charge in [-0.2, -0.15) is 0 Å². The number of carbonyl (C=O) groups excluding carboxylic acids is 1. The van der Waals surface area contributed by atoms with Crippen LogP contribution >= 0.6 is 22.9 Å². The van der Waals surface area contributed by atoms with E-state index in [9.17, 15) is 4.79 Å². The Morgan fingerprint density at radius 3 is 2.82 bits per heavy atom. The molecule has 94 valence electrons. The summed E-state index contributed by atoms with van der Waals surface area (Å²) in [6.07, 6.45) is 0.795. The molecule has 0 radical (unpaired) electrons. The second-order valence-electron chi connectivity index (χ2n) is 3.42. The van der Waals surface area contributed by atoms with Crippen LogP contribution in [0, 0.1) is 0 Å². The molecule has 1 heterocycles. The zero-order chi connectivity index (χ0) is 12.8. The van der Waals surface area contributed by atoms with Crippen LogP contribution in [-0.4, -0.2) is 34.9 Å². The van der Waals surface area contributed by atoms with Gasteiger partial charge in [0.25, 0.3) is 5.91 Å². The van der Waals surface area contributed by atoms with Crippen LogP contribution in [0.25, 0.3) is 0 Å². The maximum Gasteiger partial charge on any atom is 0.264 e. The molecule has 17 heavy (non-hydrogen) atoms. The van der Waals surface area contributed by atoms with Crippen molar-refractivity contribution in [2.45, 2.75) is 13.3 Å². The van der Waals surface area contributed by atoms with Crippen molar-refractivity contribution in [2.24, 2.45) is 10.9 Å². The summed E-state index contributed by atoms with van der Waals surface area (Å²) in [6.45, 7) is 2.61. The minimum atomic E-state index is -0.157. The summed E-state index contributed by atoms with van der Waals surface area (Å²) in [7, 11) is 0. The van der Waals surface area contributed by atoms with Gasteiger partial charge in [0.15, 0.2) is 5.84 Å². The molecule has 0 aromatic carbocycles. The van der Waals surface area contributed by atoms with Gasteiger partial charge in [0.1, 0.15) is 0 Å². The molecular weight excluding hydrogens is 262 g/mol. The lowest BCUT2D eigenvalue weighted by atomic mass is 10.3. The van der Waals surface area contributed by atoms with Gasteiger partial charge in [-0.25, -0.2) is 0 Å². The fraction of sp³-hybridized carbons (Fsp3) is 0.400. The van der Waals surface area contributed by atoms with Crippen molar-refractivity contribution in [1.29, 1.82) is 0 Å². The first-order valence-electron chi connectivity index (χ1n) is 5.09. The number of hydrogen-bond donors (Lipinski definition) is 2. The second-order valence-corrected chi connectivity index (χ2v) is 5.14. The lowest BCUT2D eigenvalue weighted by molar-refractivity contribution is 0.0783. The van der Waals surface area contributed by atoms with E-state index in [0.29, 0.717) is 15.8 Å². The SMILES string of the molecule is CCCN(CC(N)=NO)C(=O)c1ccc(Cl)s1. The molecule has 7 heteroatoms. The number of nitrogens with zero attached hydrogens (tertiary/aromatic N) is 2. The molecule has 0 atom stereocenters. The molecular formula is C10H14ClN3O2S. The van der Waals surface area contributed by atoms with E-state index in [1.54, 1.807) is 12.1 Å². The van der Waals surface area contributed by atoms with Crippen LogP contribution in [0.3, 0.4) is 0 Å². The predicted molar refractivity (Wildman–Crippen MR) is 68.9 cm³/mol. The topological polar surface area (TPSA) is 78.9 Å². The van der Waals surface area contributed by atoms with Crippen LogP contribution in [0.5, 0.6) is 0 Å². The van der Waals surface area contributed by atoms with Crippen molar-refractivity contribution in [3.05, 3.63) is 21.3 Å². The van der Waals surface area contributed by atoms with E-state index in [2.05, 4.69) is 5.16 Å². The molecule has 0 aliphatic rings. The average Bonchev–Trinajstić information content (AvgIpc) is 2.74. The number of halogens is 1. The quantitative estimate of drug-likeness (QED) is 0.373. The summed E-state index contributed by atoms with van der Waals surface area (Å²) < 4.78 is 0.564. The number of nitrogens with two attached hydrogens (primary N) is 1. The minimum Gasteiger partial charge on any atom is -0.409 e. The van der Waals surface area contributed by atoms with Crippen LogP contribution in [0.4, 0.5) is 0 Å². The first-order valence-corrected chi connectivity index (χ1v) is 6.29. The van der Waals surface area contributed by atoms with Crippen molar-refractivity contribution < 1.29 is 10.0 Å². The molecule has 0 aliphatic carbocycles. The van der Waals surface area contributed by atoms with Crippen molar-refractivity contribution in [3.8, 4) is 0 Å². The monoisotopic (exact) mass is 275 g/mol. The van der Waals surface area contributed by atoms with E-state index >= 15 is 0 Å². The molecule has 0 aliphatic heterocycles. The predicted octanol–water partition coefficient (Wildman–Crippen LogP) is 2.00. The molecule has 1 amide bonds. The smallest absolute Gasteiger partial charge is 0.264 e. The lowest BCUT2D eigenvalue weighted by Crippen LogP contribution is -2.38. The Labute approximate surface area is 108 Å². The summed E-state index contributed by atoms with van der Waals surface area (Å²) in [5, 5.41) is 11.4. The van der Waals surface area contributed by atoms with Crippen LogP contribution in [-0.2, 0) is 0 Å². The molecule has 1 aromatic rings. The maximum absolute atomic E-state index is 12.1. The van der Waals surface area contributed by atoms with E-state index in [-0.39, 0.29) is 18.3 Å². The molecule has 0 fully saturated rings. The minimum absolute atomic E-state index is 0.00875. The molecule has 3 N–H and O–H groups in total. The highest BCUT2D eigenvalue weighted by Gasteiger charge is 2.18. The van der Waals surface area contributed by atoms with Gasteiger partial charge in [-0.05, 0) is 18.6 Å². The number of carbonyl (C=O) groups is 1. The number of hydrogen-bond acceptors (Lipinski definition) is 4. The Morgan fingerprint density at radius 1 is 1.65 bits per heavy atom. The van der Waals surface area contributed by atoms with Gasteiger partial charge in [-0.15, -0.1) is 11.3 Å². The Balaban J connectivity index is 2.80. The number of thiophene rings is 1.